The fraction of sp³-hybridized carbons (Fsp3) is 0.571. The van der Waals surface area contributed by atoms with Crippen molar-refractivity contribution in [1.29, 1.82) is 0 Å². The van der Waals surface area contributed by atoms with Gasteiger partial charge in [-0.2, -0.15) is 5.10 Å². The molecule has 1 aromatic heterocycles. The summed E-state index contributed by atoms with van der Waals surface area (Å²) in [6.07, 6.45) is 1.45. The molecule has 1 atom stereocenters. The lowest BCUT2D eigenvalue weighted by molar-refractivity contribution is -0.141. The van der Waals surface area contributed by atoms with Crippen LogP contribution in [0, 0.1) is 0 Å². The minimum Gasteiger partial charge on any atom is -0.468 e. The van der Waals surface area contributed by atoms with Crippen LogP contribution in [-0.2, 0) is 16.6 Å². The SMILES string of the molecule is COC(=O)C(N)CSc1ncnn1C. The normalized spacial score (nSPS) is 12.5. The largest absolute Gasteiger partial charge is 0.468 e. The highest BCUT2D eigenvalue weighted by Gasteiger charge is 2.14. The molecule has 78 valence electrons. The van der Waals surface area contributed by atoms with E-state index in [-0.39, 0.29) is 0 Å². The van der Waals surface area contributed by atoms with Crippen LogP contribution in [0.3, 0.4) is 0 Å². The van der Waals surface area contributed by atoms with Gasteiger partial charge in [-0.1, -0.05) is 11.8 Å². The van der Waals surface area contributed by atoms with E-state index in [1.807, 2.05) is 0 Å². The molecule has 2 N–H and O–H groups in total. The van der Waals surface area contributed by atoms with E-state index >= 15 is 0 Å². The van der Waals surface area contributed by atoms with Gasteiger partial charge in [0.1, 0.15) is 12.4 Å². The smallest absolute Gasteiger partial charge is 0.323 e. The number of nitrogens with two attached hydrogens (primary N) is 1. The first kappa shape index (κ1) is 11.0. The average Bonchev–Trinajstić information content (AvgIpc) is 2.59. The summed E-state index contributed by atoms with van der Waals surface area (Å²) in [7, 11) is 3.09. The highest BCUT2D eigenvalue weighted by atomic mass is 32.2. The average molecular weight is 216 g/mol. The zero-order chi connectivity index (χ0) is 10.6. The summed E-state index contributed by atoms with van der Waals surface area (Å²) in [6, 6.07) is -0.623. The molecular weight excluding hydrogens is 204 g/mol. The molecule has 0 aliphatic rings. The topological polar surface area (TPSA) is 83.0 Å². The van der Waals surface area contributed by atoms with Crippen molar-refractivity contribution >= 4 is 17.7 Å². The lowest BCUT2D eigenvalue weighted by Gasteiger charge is -2.07. The van der Waals surface area contributed by atoms with Crippen molar-refractivity contribution in [3.8, 4) is 0 Å². The van der Waals surface area contributed by atoms with E-state index < -0.39 is 12.0 Å². The number of carbonyl (C=O) groups is 1. The van der Waals surface area contributed by atoms with Gasteiger partial charge in [-0.05, 0) is 0 Å². The molecule has 0 aliphatic carbocycles. The fourth-order valence-corrected chi connectivity index (χ4v) is 1.62. The van der Waals surface area contributed by atoms with Crippen LogP contribution in [0.1, 0.15) is 0 Å². The molecule has 0 fully saturated rings. The van der Waals surface area contributed by atoms with E-state index in [9.17, 15) is 4.79 Å². The van der Waals surface area contributed by atoms with Crippen LogP contribution in [0.25, 0.3) is 0 Å². The van der Waals surface area contributed by atoms with Gasteiger partial charge in [-0.3, -0.25) is 4.79 Å². The highest BCUT2D eigenvalue weighted by Crippen LogP contribution is 2.13. The Morgan fingerprint density at radius 1 is 1.86 bits per heavy atom. The van der Waals surface area contributed by atoms with E-state index in [1.165, 1.54) is 25.2 Å². The minimum atomic E-state index is -0.623. The van der Waals surface area contributed by atoms with Crippen LogP contribution < -0.4 is 5.73 Å². The molecule has 1 heterocycles. The number of ether oxygens (including phenoxy) is 1. The van der Waals surface area contributed by atoms with Crippen molar-refractivity contribution in [2.24, 2.45) is 12.8 Å². The Bertz CT molecular complexity index is 314. The zero-order valence-electron chi connectivity index (χ0n) is 8.01. The monoisotopic (exact) mass is 216 g/mol. The van der Waals surface area contributed by atoms with Crippen molar-refractivity contribution in [1.82, 2.24) is 14.8 Å². The number of thioether (sulfide) groups is 1. The minimum absolute atomic E-state index is 0.417. The number of carbonyl (C=O) groups excluding carboxylic acids is 1. The van der Waals surface area contributed by atoms with E-state index in [0.29, 0.717) is 5.75 Å². The highest BCUT2D eigenvalue weighted by molar-refractivity contribution is 7.99. The summed E-state index contributed by atoms with van der Waals surface area (Å²) in [5.41, 5.74) is 5.54. The summed E-state index contributed by atoms with van der Waals surface area (Å²) >= 11 is 1.37. The molecule has 7 heteroatoms. The Hall–Kier alpha value is -1.08. The third-order valence-electron chi connectivity index (χ3n) is 1.57. The predicted octanol–water partition coefficient (Wildman–Crippen LogP) is -0.593. The van der Waals surface area contributed by atoms with Crippen molar-refractivity contribution in [3.63, 3.8) is 0 Å². The van der Waals surface area contributed by atoms with Gasteiger partial charge in [0.15, 0.2) is 5.16 Å². The number of esters is 1. The first-order valence-electron chi connectivity index (χ1n) is 3.95. The summed E-state index contributed by atoms with van der Waals surface area (Å²) in [6.45, 7) is 0. The number of nitrogens with zero attached hydrogens (tertiary/aromatic N) is 3. The summed E-state index contributed by atoms with van der Waals surface area (Å²) in [5.74, 6) is 0.0128. The predicted molar refractivity (Wildman–Crippen MR) is 51.7 cm³/mol. The Balaban J connectivity index is 2.41. The molecule has 0 aromatic carbocycles. The van der Waals surface area contributed by atoms with Gasteiger partial charge in [-0.15, -0.1) is 0 Å². The van der Waals surface area contributed by atoms with Crippen LogP contribution in [0.2, 0.25) is 0 Å². The number of aromatic nitrogens is 3. The van der Waals surface area contributed by atoms with Crippen molar-refractivity contribution in [2.45, 2.75) is 11.2 Å². The Morgan fingerprint density at radius 2 is 2.57 bits per heavy atom. The van der Waals surface area contributed by atoms with Gasteiger partial charge >= 0.3 is 5.97 Å². The van der Waals surface area contributed by atoms with Crippen LogP contribution in [-0.4, -0.2) is 39.6 Å². The molecule has 0 spiro atoms. The second-order valence-corrected chi connectivity index (χ2v) is 3.59. The number of aryl methyl sites for hydroxylation is 1. The molecule has 14 heavy (non-hydrogen) atoms. The summed E-state index contributed by atoms with van der Waals surface area (Å²) < 4.78 is 6.11. The van der Waals surface area contributed by atoms with Gasteiger partial charge in [-0.25, -0.2) is 9.67 Å². The maximum atomic E-state index is 11.0. The van der Waals surface area contributed by atoms with E-state index in [1.54, 1.807) is 11.7 Å². The molecule has 1 aromatic rings. The van der Waals surface area contributed by atoms with Crippen molar-refractivity contribution in [2.75, 3.05) is 12.9 Å². The maximum Gasteiger partial charge on any atom is 0.323 e. The molecule has 0 amide bonds. The third kappa shape index (κ3) is 2.71. The molecule has 0 radical (unpaired) electrons. The summed E-state index contributed by atoms with van der Waals surface area (Å²) in [4.78, 5) is 14.9. The first-order chi connectivity index (χ1) is 6.65. The molecular formula is C7H12N4O2S. The molecule has 1 rings (SSSR count). The number of hydrogen-bond donors (Lipinski definition) is 1. The zero-order valence-corrected chi connectivity index (χ0v) is 8.82. The van der Waals surface area contributed by atoms with Gasteiger partial charge in [0.05, 0.1) is 7.11 Å². The third-order valence-corrected chi connectivity index (χ3v) is 2.72. The maximum absolute atomic E-state index is 11.0. The Kier molecular flexibility index (Phi) is 3.90. The van der Waals surface area contributed by atoms with Crippen molar-refractivity contribution in [3.05, 3.63) is 6.33 Å². The van der Waals surface area contributed by atoms with Gasteiger partial charge in [0, 0.05) is 12.8 Å². The van der Waals surface area contributed by atoms with Gasteiger partial charge < -0.3 is 10.5 Å². The molecule has 1 unspecified atom stereocenters. The second kappa shape index (κ2) is 4.97. The standard InChI is InChI=1S/C7H12N4O2S/c1-11-7(9-4-10-11)14-3-5(8)6(12)13-2/h4-5H,3,8H2,1-2H3. The van der Waals surface area contributed by atoms with Crippen LogP contribution in [0.4, 0.5) is 0 Å². The Labute approximate surface area is 85.8 Å². The molecule has 0 bridgehead atoms. The molecule has 6 nitrogen and oxygen atoms in total. The number of hydrogen-bond acceptors (Lipinski definition) is 6. The van der Waals surface area contributed by atoms with Gasteiger partial charge in [0.2, 0.25) is 0 Å². The Morgan fingerprint density at radius 3 is 3.07 bits per heavy atom. The lowest BCUT2D eigenvalue weighted by atomic mass is 10.4. The lowest BCUT2D eigenvalue weighted by Crippen LogP contribution is -2.33. The fourth-order valence-electron chi connectivity index (χ4n) is 0.800. The van der Waals surface area contributed by atoms with Crippen molar-refractivity contribution < 1.29 is 9.53 Å². The van der Waals surface area contributed by atoms with Crippen LogP contribution >= 0.6 is 11.8 Å². The number of methoxy groups -OCH3 is 1. The molecule has 0 saturated heterocycles. The molecule has 0 saturated carbocycles. The first-order valence-corrected chi connectivity index (χ1v) is 4.94. The number of rotatable bonds is 4. The second-order valence-electron chi connectivity index (χ2n) is 2.61. The van der Waals surface area contributed by atoms with Crippen LogP contribution in [0.15, 0.2) is 11.5 Å². The summed E-state index contributed by atoms with van der Waals surface area (Å²) in [5, 5.41) is 4.61. The van der Waals surface area contributed by atoms with Crippen LogP contribution in [0.5, 0.6) is 0 Å². The van der Waals surface area contributed by atoms with E-state index in [0.717, 1.165) is 5.16 Å². The molecule has 0 aliphatic heterocycles. The van der Waals surface area contributed by atoms with E-state index in [2.05, 4.69) is 14.8 Å². The quantitative estimate of drug-likeness (QED) is 0.535. The van der Waals surface area contributed by atoms with E-state index in [4.69, 9.17) is 5.73 Å². The van der Waals surface area contributed by atoms with Gasteiger partial charge in [0.25, 0.3) is 0 Å².